The highest BCUT2D eigenvalue weighted by Gasteiger charge is 2.18. The van der Waals surface area contributed by atoms with E-state index in [9.17, 15) is 0 Å². The molecule has 0 spiro atoms. The Hall–Kier alpha value is -1.55. The normalized spacial score (nSPS) is 13.2. The molecule has 0 saturated heterocycles. The van der Waals surface area contributed by atoms with E-state index in [0.29, 0.717) is 5.82 Å². The highest BCUT2D eigenvalue weighted by molar-refractivity contribution is 9.10. The number of ether oxygens (including phenoxy) is 1. The molecule has 0 amide bonds. The van der Waals surface area contributed by atoms with E-state index in [1.807, 2.05) is 6.92 Å². The lowest BCUT2D eigenvalue weighted by Gasteiger charge is -2.11. The van der Waals surface area contributed by atoms with Gasteiger partial charge < -0.3 is 10.5 Å². The van der Waals surface area contributed by atoms with Gasteiger partial charge in [0.25, 0.3) is 0 Å². The smallest absolute Gasteiger partial charge is 0.126 e. The molecule has 2 aromatic rings. The first-order valence-electron chi connectivity index (χ1n) is 6.28. The van der Waals surface area contributed by atoms with Crippen molar-refractivity contribution in [3.8, 4) is 5.75 Å². The maximum atomic E-state index is 5.96. The lowest BCUT2D eigenvalue weighted by Crippen LogP contribution is -2.01. The number of fused-ring (bicyclic) bond motifs is 1. The number of nitrogens with zero attached hydrogens (tertiary/aromatic N) is 1. The van der Waals surface area contributed by atoms with Crippen molar-refractivity contribution in [3.05, 3.63) is 51.1 Å². The number of halogens is 1. The zero-order valence-electron chi connectivity index (χ0n) is 10.7. The van der Waals surface area contributed by atoms with Crippen LogP contribution >= 0.6 is 15.9 Å². The molecule has 1 aliphatic rings. The Labute approximate surface area is 120 Å². The maximum absolute atomic E-state index is 5.96. The number of hydrogen-bond acceptors (Lipinski definition) is 3. The summed E-state index contributed by atoms with van der Waals surface area (Å²) in [7, 11) is 0. The van der Waals surface area contributed by atoms with Crippen LogP contribution in [0.25, 0.3) is 0 Å². The van der Waals surface area contributed by atoms with Crippen LogP contribution in [-0.2, 0) is 12.8 Å². The minimum absolute atomic E-state index is 0.595. The Balaban J connectivity index is 2.02. The third-order valence-electron chi connectivity index (χ3n) is 3.34. The molecular formula is C15H15BrN2O. The van der Waals surface area contributed by atoms with Gasteiger partial charge in [-0.05, 0) is 35.7 Å². The van der Waals surface area contributed by atoms with Gasteiger partial charge in [0, 0.05) is 29.1 Å². The number of aryl methyl sites for hydroxylation is 1. The number of benzene rings is 1. The van der Waals surface area contributed by atoms with Crippen LogP contribution in [0.1, 0.15) is 22.3 Å². The molecular weight excluding hydrogens is 304 g/mol. The number of anilines is 1. The van der Waals surface area contributed by atoms with Crippen molar-refractivity contribution in [2.75, 3.05) is 12.3 Å². The zero-order valence-corrected chi connectivity index (χ0v) is 12.3. The Bertz CT molecular complexity index is 640. The number of pyridine rings is 1. The summed E-state index contributed by atoms with van der Waals surface area (Å²) in [6.45, 7) is 2.79. The number of nitrogens with two attached hydrogens (primary N) is 1. The second-order valence-corrected chi connectivity index (χ2v) is 5.80. The average molecular weight is 319 g/mol. The Morgan fingerprint density at radius 1 is 1.32 bits per heavy atom. The molecule has 1 aromatic heterocycles. The van der Waals surface area contributed by atoms with Crippen molar-refractivity contribution >= 4 is 21.7 Å². The number of hydrogen-bond donors (Lipinski definition) is 1. The molecule has 0 fully saturated rings. The van der Waals surface area contributed by atoms with Crippen molar-refractivity contribution in [2.45, 2.75) is 19.8 Å². The molecule has 1 aliphatic heterocycles. The molecule has 1 aromatic carbocycles. The standard InChI is InChI=1S/C15H15BrN2O/c1-9-4-12(15(17)18-8-9)5-11-7-13(16)6-10-2-3-19-14(10)11/h4,6-8H,2-3,5H2,1H3,(H2,17,18). The van der Waals surface area contributed by atoms with Crippen molar-refractivity contribution in [3.63, 3.8) is 0 Å². The lowest BCUT2D eigenvalue weighted by molar-refractivity contribution is 0.354. The third kappa shape index (κ3) is 2.45. The van der Waals surface area contributed by atoms with Crippen LogP contribution in [0.3, 0.4) is 0 Å². The molecule has 3 nitrogen and oxygen atoms in total. The van der Waals surface area contributed by atoms with Gasteiger partial charge in [-0.25, -0.2) is 4.98 Å². The van der Waals surface area contributed by atoms with Crippen molar-refractivity contribution < 1.29 is 4.74 Å². The monoisotopic (exact) mass is 318 g/mol. The highest BCUT2D eigenvalue weighted by Crippen LogP contribution is 2.34. The van der Waals surface area contributed by atoms with Gasteiger partial charge in [-0.3, -0.25) is 0 Å². The van der Waals surface area contributed by atoms with Crippen molar-refractivity contribution in [1.82, 2.24) is 4.98 Å². The largest absolute Gasteiger partial charge is 0.493 e. The van der Waals surface area contributed by atoms with Crippen LogP contribution in [0.5, 0.6) is 5.75 Å². The molecule has 3 rings (SSSR count). The van der Waals surface area contributed by atoms with Gasteiger partial charge in [0.2, 0.25) is 0 Å². The summed E-state index contributed by atoms with van der Waals surface area (Å²) in [6.07, 6.45) is 3.52. The first-order valence-corrected chi connectivity index (χ1v) is 7.08. The third-order valence-corrected chi connectivity index (χ3v) is 3.80. The van der Waals surface area contributed by atoms with E-state index in [1.165, 1.54) is 11.1 Å². The quantitative estimate of drug-likeness (QED) is 0.924. The van der Waals surface area contributed by atoms with Gasteiger partial charge in [0.05, 0.1) is 6.61 Å². The van der Waals surface area contributed by atoms with Gasteiger partial charge in [-0.2, -0.15) is 0 Å². The van der Waals surface area contributed by atoms with E-state index in [0.717, 1.165) is 40.8 Å². The van der Waals surface area contributed by atoms with E-state index in [2.05, 4.69) is 39.1 Å². The summed E-state index contributed by atoms with van der Waals surface area (Å²) in [5.74, 6) is 1.61. The molecule has 98 valence electrons. The van der Waals surface area contributed by atoms with Crippen LogP contribution in [0.15, 0.2) is 28.9 Å². The van der Waals surface area contributed by atoms with Crippen molar-refractivity contribution in [2.24, 2.45) is 0 Å². The molecule has 0 unspecified atom stereocenters. The molecule has 0 radical (unpaired) electrons. The fourth-order valence-corrected chi connectivity index (χ4v) is 3.02. The Kier molecular flexibility index (Phi) is 3.19. The second-order valence-electron chi connectivity index (χ2n) is 4.89. The molecule has 2 heterocycles. The topological polar surface area (TPSA) is 48.1 Å². The first-order chi connectivity index (χ1) is 9.13. The maximum Gasteiger partial charge on any atom is 0.126 e. The van der Waals surface area contributed by atoms with Gasteiger partial charge in [0.15, 0.2) is 0 Å². The van der Waals surface area contributed by atoms with Crippen LogP contribution in [0, 0.1) is 6.92 Å². The molecule has 0 bridgehead atoms. The molecule has 0 atom stereocenters. The molecule has 19 heavy (non-hydrogen) atoms. The fourth-order valence-electron chi connectivity index (χ4n) is 2.46. The predicted octanol–water partition coefficient (Wildman–Crippen LogP) is 3.26. The van der Waals surface area contributed by atoms with Gasteiger partial charge in [0.1, 0.15) is 11.6 Å². The molecule has 0 aliphatic carbocycles. The molecule has 4 heteroatoms. The molecule has 2 N–H and O–H groups in total. The minimum atomic E-state index is 0.595. The van der Waals surface area contributed by atoms with Crippen molar-refractivity contribution in [1.29, 1.82) is 0 Å². The van der Waals surface area contributed by atoms with E-state index in [-0.39, 0.29) is 0 Å². The zero-order chi connectivity index (χ0) is 13.4. The van der Waals surface area contributed by atoms with E-state index in [4.69, 9.17) is 10.5 Å². The minimum Gasteiger partial charge on any atom is -0.493 e. The SMILES string of the molecule is Cc1cnc(N)c(Cc2cc(Br)cc3c2OCC3)c1. The number of rotatable bonds is 2. The predicted molar refractivity (Wildman–Crippen MR) is 79.5 cm³/mol. The van der Waals surface area contributed by atoms with Gasteiger partial charge in [-0.1, -0.05) is 22.0 Å². The highest BCUT2D eigenvalue weighted by atomic mass is 79.9. The first kappa shape index (κ1) is 12.5. The molecule has 0 saturated carbocycles. The van der Waals surface area contributed by atoms with Crippen LogP contribution in [0.4, 0.5) is 5.82 Å². The summed E-state index contributed by atoms with van der Waals surface area (Å²) in [5, 5.41) is 0. The van der Waals surface area contributed by atoms with Crippen LogP contribution in [0.2, 0.25) is 0 Å². The summed E-state index contributed by atoms with van der Waals surface area (Å²) in [6, 6.07) is 6.32. The fraction of sp³-hybridized carbons (Fsp3) is 0.267. The van der Waals surface area contributed by atoms with Gasteiger partial charge in [-0.15, -0.1) is 0 Å². The number of nitrogen functional groups attached to an aromatic ring is 1. The van der Waals surface area contributed by atoms with Crippen LogP contribution < -0.4 is 10.5 Å². The second kappa shape index (κ2) is 4.85. The summed E-state index contributed by atoms with van der Waals surface area (Å²) in [5.41, 5.74) is 10.6. The lowest BCUT2D eigenvalue weighted by atomic mass is 10.0. The van der Waals surface area contributed by atoms with E-state index in [1.54, 1.807) is 6.20 Å². The van der Waals surface area contributed by atoms with Crippen LogP contribution in [-0.4, -0.2) is 11.6 Å². The Morgan fingerprint density at radius 2 is 2.16 bits per heavy atom. The van der Waals surface area contributed by atoms with E-state index < -0.39 is 0 Å². The summed E-state index contributed by atoms with van der Waals surface area (Å²) in [4.78, 5) is 4.22. The average Bonchev–Trinajstić information content (AvgIpc) is 2.82. The van der Waals surface area contributed by atoms with Gasteiger partial charge >= 0.3 is 0 Å². The number of aromatic nitrogens is 1. The summed E-state index contributed by atoms with van der Waals surface area (Å²) < 4.78 is 6.83. The van der Waals surface area contributed by atoms with E-state index >= 15 is 0 Å². The Morgan fingerprint density at radius 3 is 3.00 bits per heavy atom. The summed E-state index contributed by atoms with van der Waals surface area (Å²) >= 11 is 3.56.